The van der Waals surface area contributed by atoms with Gasteiger partial charge in [-0.25, -0.2) is 0 Å². The van der Waals surface area contributed by atoms with Crippen LogP contribution in [0.3, 0.4) is 0 Å². The van der Waals surface area contributed by atoms with Crippen LogP contribution >= 0.6 is 47.8 Å². The van der Waals surface area contributed by atoms with E-state index in [0.29, 0.717) is 0 Å². The maximum atomic E-state index is 3.43. The Morgan fingerprint density at radius 1 is 1.00 bits per heavy atom. The topological polar surface area (TPSA) is 0 Å². The molecule has 0 N–H and O–H groups in total. The molecule has 0 spiro atoms. The van der Waals surface area contributed by atoms with Crippen LogP contribution in [0.25, 0.3) is 0 Å². The first-order chi connectivity index (χ1) is 4.68. The molecule has 0 saturated heterocycles. The van der Waals surface area contributed by atoms with E-state index in [1.165, 1.54) is 4.48 Å². The van der Waals surface area contributed by atoms with Crippen LogP contribution in [0.15, 0.2) is 31.7 Å². The summed E-state index contributed by atoms with van der Waals surface area (Å²) in [5.74, 6) is 0. The molecule has 0 bridgehead atoms. The molecule has 0 fully saturated rings. The molecule has 0 aromatic carbocycles. The Balaban J connectivity index is 2.90. The average molecular weight is 329 g/mol. The van der Waals surface area contributed by atoms with Gasteiger partial charge in [-0.2, -0.15) is 0 Å². The second kappa shape index (κ2) is 3.88. The van der Waals surface area contributed by atoms with Gasteiger partial charge in [0.2, 0.25) is 0 Å². The van der Waals surface area contributed by atoms with Crippen molar-refractivity contribution in [3.8, 4) is 0 Å². The molecule has 0 aromatic rings. The van der Waals surface area contributed by atoms with E-state index in [9.17, 15) is 0 Å². The third kappa shape index (κ3) is 2.72. The third-order valence-corrected chi connectivity index (χ3v) is 2.63. The van der Waals surface area contributed by atoms with Gasteiger partial charge in [0, 0.05) is 13.4 Å². The summed E-state index contributed by atoms with van der Waals surface area (Å²) < 4.78 is 3.38. The fourth-order valence-electron chi connectivity index (χ4n) is 0.636. The molecule has 1 aliphatic rings. The number of halogens is 3. The van der Waals surface area contributed by atoms with Crippen molar-refractivity contribution >= 4 is 47.8 Å². The molecule has 0 heterocycles. The normalized spacial score (nSPS) is 18.9. The highest BCUT2D eigenvalue weighted by Crippen LogP contribution is 2.25. The van der Waals surface area contributed by atoms with Gasteiger partial charge in [0.05, 0.1) is 0 Å². The maximum Gasteiger partial charge on any atom is 0.0194 e. The standard InChI is InChI=1S/C7H5Br3/c8-5-1-2-6(9)4-7(10)3-5/h1,3-4H,2H2. The highest BCUT2D eigenvalue weighted by Gasteiger charge is 1.97. The fourth-order valence-corrected chi connectivity index (χ4v) is 2.59. The van der Waals surface area contributed by atoms with Gasteiger partial charge in [0.1, 0.15) is 0 Å². The van der Waals surface area contributed by atoms with E-state index in [0.717, 1.165) is 15.4 Å². The van der Waals surface area contributed by atoms with Crippen LogP contribution < -0.4 is 0 Å². The maximum absolute atomic E-state index is 3.43. The van der Waals surface area contributed by atoms with Crippen molar-refractivity contribution in [2.45, 2.75) is 6.42 Å². The molecule has 0 atom stereocenters. The van der Waals surface area contributed by atoms with Crippen LogP contribution in [0.2, 0.25) is 0 Å². The fraction of sp³-hybridized carbons (Fsp3) is 0.143. The minimum atomic E-state index is 0.951. The van der Waals surface area contributed by atoms with Gasteiger partial charge in [-0.3, -0.25) is 0 Å². The molecule has 54 valence electrons. The number of rotatable bonds is 0. The Bertz CT molecular complexity index is 223. The van der Waals surface area contributed by atoms with Crippen molar-refractivity contribution in [3.63, 3.8) is 0 Å². The Morgan fingerprint density at radius 3 is 2.40 bits per heavy atom. The van der Waals surface area contributed by atoms with Gasteiger partial charge in [0.25, 0.3) is 0 Å². The Hall–Kier alpha value is 0.660. The van der Waals surface area contributed by atoms with E-state index in [1.54, 1.807) is 0 Å². The molecule has 1 aliphatic carbocycles. The van der Waals surface area contributed by atoms with Crippen LogP contribution in [0.1, 0.15) is 6.42 Å². The molecule has 0 amide bonds. The third-order valence-electron chi connectivity index (χ3n) is 1.06. The Labute approximate surface area is 85.5 Å². The average Bonchev–Trinajstić information content (AvgIpc) is 1.93. The lowest BCUT2D eigenvalue weighted by Gasteiger charge is -1.87. The summed E-state index contributed by atoms with van der Waals surface area (Å²) in [5, 5.41) is 0. The molecule has 0 unspecified atom stereocenters. The summed E-state index contributed by atoms with van der Waals surface area (Å²) in [7, 11) is 0. The van der Waals surface area contributed by atoms with Crippen LogP contribution in [0.5, 0.6) is 0 Å². The summed E-state index contributed by atoms with van der Waals surface area (Å²) >= 11 is 10.2. The summed E-state index contributed by atoms with van der Waals surface area (Å²) in [5.41, 5.74) is 0. The lowest BCUT2D eigenvalue weighted by molar-refractivity contribution is 1.38. The van der Waals surface area contributed by atoms with Gasteiger partial charge in [-0.1, -0.05) is 53.9 Å². The summed E-state index contributed by atoms with van der Waals surface area (Å²) in [6.45, 7) is 0. The van der Waals surface area contributed by atoms with Crippen molar-refractivity contribution in [1.82, 2.24) is 0 Å². The molecular formula is C7H5Br3. The molecule has 10 heavy (non-hydrogen) atoms. The van der Waals surface area contributed by atoms with Gasteiger partial charge in [-0.15, -0.1) is 0 Å². The highest BCUT2D eigenvalue weighted by atomic mass is 79.9. The first kappa shape index (κ1) is 8.75. The highest BCUT2D eigenvalue weighted by molar-refractivity contribution is 9.12. The monoisotopic (exact) mass is 326 g/mol. The second-order valence-corrected chi connectivity index (χ2v) is 4.76. The van der Waals surface area contributed by atoms with Crippen molar-refractivity contribution in [1.29, 1.82) is 0 Å². The first-order valence-corrected chi connectivity index (χ1v) is 5.15. The first-order valence-electron chi connectivity index (χ1n) is 2.77. The van der Waals surface area contributed by atoms with Gasteiger partial charge >= 0.3 is 0 Å². The van der Waals surface area contributed by atoms with Gasteiger partial charge in [-0.05, 0) is 18.6 Å². The smallest absolute Gasteiger partial charge is 0.0194 e. The molecule has 0 aromatic heterocycles. The molecule has 0 saturated carbocycles. The lowest BCUT2D eigenvalue weighted by Crippen LogP contribution is -1.64. The Kier molecular flexibility index (Phi) is 3.40. The molecular weight excluding hydrogens is 324 g/mol. The zero-order valence-corrected chi connectivity index (χ0v) is 9.83. The zero-order valence-electron chi connectivity index (χ0n) is 5.07. The predicted molar refractivity (Wildman–Crippen MR) is 55.6 cm³/mol. The van der Waals surface area contributed by atoms with E-state index in [4.69, 9.17) is 0 Å². The summed E-state index contributed by atoms with van der Waals surface area (Å²) in [6, 6.07) is 0. The van der Waals surface area contributed by atoms with Gasteiger partial charge < -0.3 is 0 Å². The second-order valence-electron chi connectivity index (χ2n) is 1.91. The van der Waals surface area contributed by atoms with E-state index in [2.05, 4.69) is 53.9 Å². The SMILES string of the molecule is BrC1=CCC(Br)=CC(Br)=C1. The van der Waals surface area contributed by atoms with Crippen LogP contribution in [-0.4, -0.2) is 0 Å². The number of hydrogen-bond donors (Lipinski definition) is 0. The van der Waals surface area contributed by atoms with Crippen molar-refractivity contribution in [2.75, 3.05) is 0 Å². The summed E-state index contributed by atoms with van der Waals surface area (Å²) in [4.78, 5) is 0. The summed E-state index contributed by atoms with van der Waals surface area (Å²) in [6.07, 6.45) is 7.13. The lowest BCUT2D eigenvalue weighted by atomic mass is 10.4. The minimum absolute atomic E-state index is 0.951. The van der Waals surface area contributed by atoms with E-state index in [1.807, 2.05) is 12.2 Å². The molecule has 0 aliphatic heterocycles. The zero-order chi connectivity index (χ0) is 7.56. The molecule has 3 heteroatoms. The van der Waals surface area contributed by atoms with Gasteiger partial charge in [0.15, 0.2) is 0 Å². The van der Waals surface area contributed by atoms with Crippen LogP contribution in [-0.2, 0) is 0 Å². The van der Waals surface area contributed by atoms with Crippen LogP contribution in [0.4, 0.5) is 0 Å². The molecule has 0 radical (unpaired) electrons. The number of hydrogen-bond acceptors (Lipinski definition) is 0. The molecule has 0 nitrogen and oxygen atoms in total. The van der Waals surface area contributed by atoms with E-state index < -0.39 is 0 Å². The van der Waals surface area contributed by atoms with E-state index in [-0.39, 0.29) is 0 Å². The Morgan fingerprint density at radius 2 is 1.70 bits per heavy atom. The largest absolute Gasteiger partial charge is 0.0653 e. The predicted octanol–water partition coefficient (Wildman–Crippen LogP) is 4.23. The van der Waals surface area contributed by atoms with E-state index >= 15 is 0 Å². The minimum Gasteiger partial charge on any atom is -0.0653 e. The molecule has 1 rings (SSSR count). The van der Waals surface area contributed by atoms with Crippen LogP contribution in [0, 0.1) is 0 Å². The van der Waals surface area contributed by atoms with Crippen molar-refractivity contribution < 1.29 is 0 Å². The van der Waals surface area contributed by atoms with Crippen molar-refractivity contribution in [2.24, 2.45) is 0 Å². The number of allylic oxidation sites excluding steroid dienone is 6. The van der Waals surface area contributed by atoms with Crippen molar-refractivity contribution in [3.05, 3.63) is 31.7 Å². The quantitative estimate of drug-likeness (QED) is 0.624.